The highest BCUT2D eigenvalue weighted by atomic mass is 19.1. The number of nitrogens with zero attached hydrogens (tertiary/aromatic N) is 3. The molecule has 1 aromatic rings. The Hall–Kier alpha value is -2.22. The summed E-state index contributed by atoms with van der Waals surface area (Å²) in [4.78, 5) is 19.6. The van der Waals surface area contributed by atoms with E-state index in [1.54, 1.807) is 38.0 Å². The lowest BCUT2D eigenvalue weighted by Crippen LogP contribution is -2.49. The summed E-state index contributed by atoms with van der Waals surface area (Å²) in [5, 5.41) is 5.97. The van der Waals surface area contributed by atoms with Crippen LogP contribution < -0.4 is 10.6 Å². The van der Waals surface area contributed by atoms with Crippen LogP contribution >= 0.6 is 0 Å². The molecule has 0 fully saturated rings. The van der Waals surface area contributed by atoms with E-state index in [1.165, 1.54) is 18.2 Å². The summed E-state index contributed by atoms with van der Waals surface area (Å²) in [6.07, 6.45) is 0. The number of amides is 1. The molecule has 0 aliphatic heterocycles. The molecule has 0 bridgehead atoms. The van der Waals surface area contributed by atoms with Crippen molar-refractivity contribution in [1.82, 2.24) is 20.4 Å². The molecular formula is C19H31F2N5O. The lowest BCUT2D eigenvalue weighted by Gasteiger charge is -2.29. The fraction of sp³-hybridized carbons (Fsp3) is 0.579. The second kappa shape index (κ2) is 9.64. The SMILES string of the molecule is CN=C(NCC(c1c(F)cccc1F)N(C)C)N(C)CC(=O)NC(C)(C)C. The van der Waals surface area contributed by atoms with Gasteiger partial charge in [-0.15, -0.1) is 0 Å². The molecule has 0 radical (unpaired) electrons. The first-order chi connectivity index (χ1) is 12.5. The molecule has 1 rings (SSSR count). The van der Waals surface area contributed by atoms with E-state index >= 15 is 0 Å². The van der Waals surface area contributed by atoms with Crippen LogP contribution in [-0.2, 0) is 4.79 Å². The Morgan fingerprint density at radius 1 is 1.19 bits per heavy atom. The number of benzene rings is 1. The Morgan fingerprint density at radius 2 is 1.74 bits per heavy atom. The number of carbonyl (C=O) groups excluding carboxylic acids is 1. The van der Waals surface area contributed by atoms with Crippen molar-refractivity contribution in [3.63, 3.8) is 0 Å². The number of guanidine groups is 1. The molecule has 8 heteroatoms. The Labute approximate surface area is 160 Å². The second-order valence-corrected chi connectivity index (χ2v) is 7.70. The van der Waals surface area contributed by atoms with E-state index in [4.69, 9.17) is 0 Å². The number of aliphatic imine (C=N–C) groups is 1. The van der Waals surface area contributed by atoms with Crippen LogP contribution in [0.3, 0.4) is 0 Å². The molecule has 1 atom stereocenters. The van der Waals surface area contributed by atoms with E-state index in [0.29, 0.717) is 5.96 Å². The van der Waals surface area contributed by atoms with Crippen molar-refractivity contribution in [1.29, 1.82) is 0 Å². The zero-order valence-corrected chi connectivity index (χ0v) is 17.2. The van der Waals surface area contributed by atoms with Gasteiger partial charge in [-0.1, -0.05) is 6.07 Å². The zero-order valence-electron chi connectivity index (χ0n) is 17.2. The van der Waals surface area contributed by atoms with Gasteiger partial charge in [-0.3, -0.25) is 9.79 Å². The number of hydrogen-bond acceptors (Lipinski definition) is 3. The Bertz CT molecular complexity index is 650. The van der Waals surface area contributed by atoms with Crippen molar-refractivity contribution in [2.75, 3.05) is 41.3 Å². The fourth-order valence-corrected chi connectivity index (χ4v) is 2.69. The lowest BCUT2D eigenvalue weighted by atomic mass is 10.0. The van der Waals surface area contributed by atoms with Gasteiger partial charge >= 0.3 is 0 Å². The molecule has 27 heavy (non-hydrogen) atoms. The third-order valence-corrected chi connectivity index (χ3v) is 3.88. The minimum absolute atomic E-state index is 0.00131. The molecule has 0 saturated heterocycles. The molecule has 6 nitrogen and oxygen atoms in total. The lowest BCUT2D eigenvalue weighted by molar-refractivity contribution is -0.122. The molecule has 152 valence electrons. The van der Waals surface area contributed by atoms with Crippen LogP contribution in [-0.4, -0.2) is 68.5 Å². The Kier molecular flexibility index (Phi) is 8.15. The summed E-state index contributed by atoms with van der Waals surface area (Å²) in [6.45, 7) is 6.05. The molecule has 1 unspecified atom stereocenters. The van der Waals surface area contributed by atoms with Gasteiger partial charge in [-0.2, -0.15) is 0 Å². The van der Waals surface area contributed by atoms with Gasteiger partial charge in [-0.05, 0) is 47.0 Å². The number of halogens is 2. The Morgan fingerprint density at radius 3 is 2.19 bits per heavy atom. The summed E-state index contributed by atoms with van der Waals surface area (Å²) in [5.41, 5.74) is -0.327. The summed E-state index contributed by atoms with van der Waals surface area (Å²) >= 11 is 0. The molecule has 1 amide bonds. The van der Waals surface area contributed by atoms with Crippen molar-refractivity contribution in [2.24, 2.45) is 4.99 Å². The molecule has 0 spiro atoms. The van der Waals surface area contributed by atoms with E-state index < -0.39 is 17.7 Å². The molecule has 1 aromatic carbocycles. The van der Waals surface area contributed by atoms with Crippen molar-refractivity contribution < 1.29 is 13.6 Å². The Balaban J connectivity index is 2.83. The standard InChI is InChI=1S/C19H31F2N5O/c1-19(2,3)24-16(27)12-26(7)18(22-4)23-11-15(25(5)6)17-13(20)9-8-10-14(17)21/h8-10,15H,11-12H2,1-7H3,(H,22,23)(H,24,27). The highest BCUT2D eigenvalue weighted by molar-refractivity contribution is 5.86. The molecule has 2 N–H and O–H groups in total. The fourth-order valence-electron chi connectivity index (χ4n) is 2.69. The van der Waals surface area contributed by atoms with Gasteiger partial charge in [0.2, 0.25) is 5.91 Å². The average molecular weight is 383 g/mol. The third kappa shape index (κ3) is 7.13. The molecule has 0 saturated carbocycles. The number of nitrogens with one attached hydrogen (secondary N) is 2. The predicted molar refractivity (Wildman–Crippen MR) is 105 cm³/mol. The smallest absolute Gasteiger partial charge is 0.240 e. The van der Waals surface area contributed by atoms with Crippen molar-refractivity contribution in [3.05, 3.63) is 35.4 Å². The maximum absolute atomic E-state index is 14.2. The van der Waals surface area contributed by atoms with Crippen LogP contribution in [0.25, 0.3) is 0 Å². The maximum Gasteiger partial charge on any atom is 0.240 e. The highest BCUT2D eigenvalue weighted by Gasteiger charge is 2.23. The van der Waals surface area contributed by atoms with Gasteiger partial charge in [0.25, 0.3) is 0 Å². The minimum Gasteiger partial charge on any atom is -0.354 e. The van der Waals surface area contributed by atoms with Crippen molar-refractivity contribution in [2.45, 2.75) is 32.4 Å². The van der Waals surface area contributed by atoms with E-state index in [-0.39, 0.29) is 30.1 Å². The first-order valence-corrected chi connectivity index (χ1v) is 8.79. The van der Waals surface area contributed by atoms with Crippen molar-refractivity contribution >= 4 is 11.9 Å². The largest absolute Gasteiger partial charge is 0.354 e. The summed E-state index contributed by atoms with van der Waals surface area (Å²) in [6, 6.07) is 3.29. The molecule has 0 aliphatic rings. The van der Waals surface area contributed by atoms with E-state index in [2.05, 4.69) is 15.6 Å². The predicted octanol–water partition coefficient (Wildman–Crippen LogP) is 1.99. The quantitative estimate of drug-likeness (QED) is 0.583. The third-order valence-electron chi connectivity index (χ3n) is 3.88. The van der Waals surface area contributed by atoms with Crippen LogP contribution in [0.5, 0.6) is 0 Å². The van der Waals surface area contributed by atoms with E-state index in [1.807, 2.05) is 20.8 Å². The first-order valence-electron chi connectivity index (χ1n) is 8.79. The van der Waals surface area contributed by atoms with E-state index in [9.17, 15) is 13.6 Å². The van der Waals surface area contributed by atoms with E-state index in [0.717, 1.165) is 0 Å². The van der Waals surface area contributed by atoms with Crippen LogP contribution in [0, 0.1) is 11.6 Å². The monoisotopic (exact) mass is 383 g/mol. The van der Waals surface area contributed by atoms with Crippen LogP contribution in [0.15, 0.2) is 23.2 Å². The van der Waals surface area contributed by atoms with Gasteiger partial charge in [0, 0.05) is 31.7 Å². The highest BCUT2D eigenvalue weighted by Crippen LogP contribution is 2.23. The minimum atomic E-state index is -0.594. The first kappa shape index (κ1) is 22.8. The van der Waals surface area contributed by atoms with Crippen molar-refractivity contribution in [3.8, 4) is 0 Å². The number of rotatable bonds is 6. The van der Waals surface area contributed by atoms with Gasteiger partial charge < -0.3 is 20.4 Å². The average Bonchev–Trinajstić information content (AvgIpc) is 2.50. The van der Waals surface area contributed by atoms with Gasteiger partial charge in [0.15, 0.2) is 5.96 Å². The number of carbonyl (C=O) groups is 1. The van der Waals surface area contributed by atoms with Gasteiger partial charge in [0.1, 0.15) is 11.6 Å². The van der Waals surface area contributed by atoms with Gasteiger partial charge in [0.05, 0.1) is 12.6 Å². The maximum atomic E-state index is 14.2. The van der Waals surface area contributed by atoms with Crippen LogP contribution in [0.2, 0.25) is 0 Å². The summed E-state index contributed by atoms with van der Waals surface area (Å²) in [7, 11) is 6.82. The molecule has 0 aromatic heterocycles. The van der Waals surface area contributed by atoms with Crippen LogP contribution in [0.1, 0.15) is 32.4 Å². The number of hydrogen-bond donors (Lipinski definition) is 2. The number of likely N-dealkylation sites (N-methyl/N-ethyl adjacent to an activating group) is 2. The summed E-state index contributed by atoms with van der Waals surface area (Å²) in [5.74, 6) is -0.869. The topological polar surface area (TPSA) is 60.0 Å². The van der Waals surface area contributed by atoms with Crippen LogP contribution in [0.4, 0.5) is 8.78 Å². The second-order valence-electron chi connectivity index (χ2n) is 7.70. The summed E-state index contributed by atoms with van der Waals surface area (Å²) < 4.78 is 28.3. The zero-order chi connectivity index (χ0) is 20.8. The molecular weight excluding hydrogens is 352 g/mol. The molecule has 0 aliphatic carbocycles. The molecule has 0 heterocycles. The van der Waals surface area contributed by atoms with Gasteiger partial charge in [-0.25, -0.2) is 8.78 Å². The normalized spacial score (nSPS) is 13.5.